The van der Waals surface area contributed by atoms with Crippen LogP contribution in [0.4, 0.5) is 9.59 Å². The van der Waals surface area contributed by atoms with Gasteiger partial charge in [0.05, 0.1) is 0 Å². The Morgan fingerprint density at radius 1 is 0.679 bits per heavy atom. The van der Waals surface area contributed by atoms with Crippen molar-refractivity contribution in [1.29, 1.82) is 0 Å². The van der Waals surface area contributed by atoms with Gasteiger partial charge >= 0.3 is 12.2 Å². The molecule has 6 nitrogen and oxygen atoms in total. The monoisotopic (exact) mass is 388 g/mol. The fourth-order valence-electron chi connectivity index (χ4n) is 5.94. The van der Waals surface area contributed by atoms with Crippen LogP contribution < -0.4 is 0 Å². The molecule has 0 aliphatic heterocycles. The summed E-state index contributed by atoms with van der Waals surface area (Å²) in [6.45, 7) is 1.19. The molecule has 0 spiro atoms. The molecule has 2 N–H and O–H groups in total. The van der Waals surface area contributed by atoms with Crippen molar-refractivity contribution in [2.45, 2.75) is 63.5 Å². The molecule has 0 radical (unpaired) electrons. The zero-order valence-electron chi connectivity index (χ0n) is 16.4. The number of hydrogen-bond acceptors (Lipinski definition) is 2. The van der Waals surface area contributed by atoms with E-state index in [2.05, 4.69) is 24.3 Å². The molecule has 6 heteroatoms. The van der Waals surface area contributed by atoms with Crippen molar-refractivity contribution in [1.82, 2.24) is 9.80 Å². The van der Waals surface area contributed by atoms with Crippen LogP contribution in [0.2, 0.25) is 0 Å². The third-order valence-electron chi connectivity index (χ3n) is 7.33. The lowest BCUT2D eigenvalue weighted by Gasteiger charge is -2.31. The van der Waals surface area contributed by atoms with E-state index in [0.29, 0.717) is 36.8 Å². The Hall–Kier alpha value is -1.98. The van der Waals surface area contributed by atoms with E-state index in [0.717, 1.165) is 51.4 Å². The SMILES string of the molecule is O=C(O)N(CCCCCCN(C(=O)O)C1CC2C=CC1C2)C1CC2C=CC1C2. The van der Waals surface area contributed by atoms with Gasteiger partial charge in [-0.25, -0.2) is 9.59 Å². The normalized spacial score (nSPS) is 34.3. The van der Waals surface area contributed by atoms with Gasteiger partial charge in [0.1, 0.15) is 0 Å². The second-order valence-corrected chi connectivity index (χ2v) is 9.06. The molecule has 0 heterocycles. The molecule has 0 aromatic heterocycles. The Kier molecular flexibility index (Phi) is 5.65. The van der Waals surface area contributed by atoms with Gasteiger partial charge in [0.15, 0.2) is 0 Å². The minimum absolute atomic E-state index is 0.154. The van der Waals surface area contributed by atoms with Gasteiger partial charge in [-0.15, -0.1) is 0 Å². The lowest BCUT2D eigenvalue weighted by atomic mass is 9.99. The highest BCUT2D eigenvalue weighted by molar-refractivity contribution is 5.66. The summed E-state index contributed by atoms with van der Waals surface area (Å²) < 4.78 is 0. The standard InChI is InChI=1S/C22H32N2O4/c25-21(26)23(19-13-15-5-7-17(19)11-15)9-3-1-2-4-10-24(22(27)28)20-14-16-6-8-18(20)12-16/h5-8,15-20H,1-4,9-14H2,(H,25,26)(H,27,28). The number of rotatable bonds is 9. The number of allylic oxidation sites excluding steroid dienone is 2. The Morgan fingerprint density at radius 3 is 1.39 bits per heavy atom. The first-order chi connectivity index (χ1) is 13.5. The maximum absolute atomic E-state index is 11.7. The predicted molar refractivity (Wildman–Crippen MR) is 106 cm³/mol. The van der Waals surface area contributed by atoms with Crippen LogP contribution in [0.25, 0.3) is 0 Å². The van der Waals surface area contributed by atoms with Crippen molar-refractivity contribution in [3.05, 3.63) is 24.3 Å². The zero-order chi connectivity index (χ0) is 19.7. The summed E-state index contributed by atoms with van der Waals surface area (Å²) in [4.78, 5) is 26.7. The van der Waals surface area contributed by atoms with Crippen molar-refractivity contribution in [2.24, 2.45) is 23.7 Å². The van der Waals surface area contributed by atoms with Crippen molar-refractivity contribution in [3.8, 4) is 0 Å². The fraction of sp³-hybridized carbons (Fsp3) is 0.727. The summed E-state index contributed by atoms with van der Waals surface area (Å²) in [5.41, 5.74) is 0. The van der Waals surface area contributed by atoms with E-state index in [9.17, 15) is 19.8 Å². The smallest absolute Gasteiger partial charge is 0.407 e. The summed E-state index contributed by atoms with van der Waals surface area (Å²) >= 11 is 0. The molecule has 2 fully saturated rings. The van der Waals surface area contributed by atoms with E-state index in [1.54, 1.807) is 9.80 Å². The molecule has 4 aliphatic carbocycles. The van der Waals surface area contributed by atoms with E-state index >= 15 is 0 Å². The van der Waals surface area contributed by atoms with Crippen LogP contribution in [0.15, 0.2) is 24.3 Å². The lowest BCUT2D eigenvalue weighted by Crippen LogP contribution is -2.42. The van der Waals surface area contributed by atoms with Crippen LogP contribution in [0.3, 0.4) is 0 Å². The van der Waals surface area contributed by atoms with Gasteiger partial charge in [0, 0.05) is 25.2 Å². The maximum atomic E-state index is 11.7. The molecule has 6 atom stereocenters. The first-order valence-electron chi connectivity index (χ1n) is 10.9. The maximum Gasteiger partial charge on any atom is 0.407 e. The summed E-state index contributed by atoms with van der Waals surface area (Å²) in [7, 11) is 0. The van der Waals surface area contributed by atoms with Crippen LogP contribution >= 0.6 is 0 Å². The van der Waals surface area contributed by atoms with Crippen molar-refractivity contribution < 1.29 is 19.8 Å². The van der Waals surface area contributed by atoms with Crippen LogP contribution in [0, 0.1) is 23.7 Å². The second kappa shape index (κ2) is 8.18. The molecule has 154 valence electrons. The Balaban J connectivity index is 1.17. The van der Waals surface area contributed by atoms with Gasteiger partial charge < -0.3 is 20.0 Å². The minimum atomic E-state index is -0.799. The highest BCUT2D eigenvalue weighted by atomic mass is 16.4. The third kappa shape index (κ3) is 3.91. The third-order valence-corrected chi connectivity index (χ3v) is 7.33. The Morgan fingerprint density at radius 2 is 1.11 bits per heavy atom. The number of unbranched alkanes of at least 4 members (excludes halogenated alkanes) is 3. The average molecular weight is 389 g/mol. The summed E-state index contributed by atoms with van der Waals surface area (Å²) in [5, 5.41) is 19.2. The Bertz CT molecular complexity index is 605. The van der Waals surface area contributed by atoms with Crippen molar-refractivity contribution in [2.75, 3.05) is 13.1 Å². The van der Waals surface area contributed by atoms with Crippen LogP contribution in [0.5, 0.6) is 0 Å². The van der Waals surface area contributed by atoms with Crippen molar-refractivity contribution >= 4 is 12.2 Å². The number of fused-ring (bicyclic) bond motifs is 4. The highest BCUT2D eigenvalue weighted by Crippen LogP contribution is 2.42. The van der Waals surface area contributed by atoms with Gasteiger partial charge in [-0.05, 0) is 62.2 Å². The number of hydrogen-bond donors (Lipinski definition) is 2. The summed E-state index contributed by atoms with van der Waals surface area (Å²) in [6, 6.07) is 0.307. The van der Waals surface area contributed by atoms with Crippen LogP contribution in [-0.2, 0) is 0 Å². The molecule has 0 aromatic carbocycles. The van der Waals surface area contributed by atoms with Crippen LogP contribution in [0.1, 0.15) is 51.4 Å². The van der Waals surface area contributed by atoms with Gasteiger partial charge in [-0.2, -0.15) is 0 Å². The molecule has 0 aromatic rings. The van der Waals surface area contributed by atoms with Crippen molar-refractivity contribution in [3.63, 3.8) is 0 Å². The van der Waals surface area contributed by atoms with E-state index in [1.807, 2.05) is 0 Å². The predicted octanol–water partition coefficient (Wildman–Crippen LogP) is 4.44. The molecule has 2 saturated carbocycles. The number of nitrogens with zero attached hydrogens (tertiary/aromatic N) is 2. The second-order valence-electron chi connectivity index (χ2n) is 9.06. The average Bonchev–Trinajstić information content (AvgIpc) is 3.44. The van der Waals surface area contributed by atoms with E-state index in [1.165, 1.54) is 0 Å². The molecular weight excluding hydrogens is 356 g/mol. The first-order valence-corrected chi connectivity index (χ1v) is 10.9. The van der Waals surface area contributed by atoms with E-state index in [-0.39, 0.29) is 12.1 Å². The fourth-order valence-corrected chi connectivity index (χ4v) is 5.94. The molecule has 4 rings (SSSR count). The topological polar surface area (TPSA) is 81.1 Å². The molecule has 4 aliphatic rings. The number of amides is 2. The molecule has 28 heavy (non-hydrogen) atoms. The first kappa shape index (κ1) is 19.3. The molecule has 0 saturated heterocycles. The minimum Gasteiger partial charge on any atom is -0.465 e. The van der Waals surface area contributed by atoms with Gasteiger partial charge in [-0.3, -0.25) is 0 Å². The Labute approximate surface area is 166 Å². The van der Waals surface area contributed by atoms with Gasteiger partial charge in [-0.1, -0.05) is 37.1 Å². The van der Waals surface area contributed by atoms with Gasteiger partial charge in [0.25, 0.3) is 0 Å². The van der Waals surface area contributed by atoms with E-state index < -0.39 is 12.2 Å². The summed E-state index contributed by atoms with van der Waals surface area (Å²) in [5.74, 6) is 1.95. The zero-order valence-corrected chi connectivity index (χ0v) is 16.4. The summed E-state index contributed by atoms with van der Waals surface area (Å²) in [6.07, 6.45) is 15.0. The van der Waals surface area contributed by atoms with E-state index in [4.69, 9.17) is 0 Å². The molecule has 6 unspecified atom stereocenters. The molecular formula is C22H32N2O4. The highest BCUT2D eigenvalue weighted by Gasteiger charge is 2.41. The number of carbonyl (C=O) groups is 2. The lowest BCUT2D eigenvalue weighted by molar-refractivity contribution is 0.111. The molecule has 4 bridgehead atoms. The largest absolute Gasteiger partial charge is 0.465 e. The van der Waals surface area contributed by atoms with Gasteiger partial charge in [0.2, 0.25) is 0 Å². The quantitative estimate of drug-likeness (QED) is 0.452. The number of carboxylic acid groups (broad SMARTS) is 2. The van der Waals surface area contributed by atoms with Crippen LogP contribution in [-0.4, -0.2) is 57.4 Å². The molecule has 2 amide bonds.